The fourth-order valence-corrected chi connectivity index (χ4v) is 2.21. The minimum absolute atomic E-state index is 0.635. The van der Waals surface area contributed by atoms with Gasteiger partial charge in [0.15, 0.2) is 0 Å². The van der Waals surface area contributed by atoms with Crippen molar-refractivity contribution in [3.05, 3.63) is 18.0 Å². The molecule has 3 heteroatoms. The molecule has 3 nitrogen and oxygen atoms in total. The van der Waals surface area contributed by atoms with Crippen LogP contribution in [0.15, 0.2) is 12.3 Å². The summed E-state index contributed by atoms with van der Waals surface area (Å²) in [6.45, 7) is 7.65. The Kier molecular flexibility index (Phi) is 3.64. The first kappa shape index (κ1) is 11.6. The van der Waals surface area contributed by atoms with Crippen molar-refractivity contribution >= 4 is 0 Å². The van der Waals surface area contributed by atoms with Crippen LogP contribution in [-0.2, 0) is 13.1 Å². The highest BCUT2D eigenvalue weighted by Gasteiger charge is 2.39. The van der Waals surface area contributed by atoms with Crippen molar-refractivity contribution < 1.29 is 0 Å². The molecule has 1 aromatic rings. The molecule has 0 radical (unpaired) electrons. The van der Waals surface area contributed by atoms with Gasteiger partial charge in [0.25, 0.3) is 0 Å². The van der Waals surface area contributed by atoms with Crippen LogP contribution < -0.4 is 5.32 Å². The number of nitrogens with zero attached hydrogens (tertiary/aromatic N) is 2. The van der Waals surface area contributed by atoms with Crippen molar-refractivity contribution in [3.8, 4) is 0 Å². The summed E-state index contributed by atoms with van der Waals surface area (Å²) in [5, 5.41) is 7.91. The second kappa shape index (κ2) is 5.00. The van der Waals surface area contributed by atoms with Gasteiger partial charge in [-0.15, -0.1) is 0 Å². The second-order valence-corrected chi connectivity index (χ2v) is 5.00. The quantitative estimate of drug-likeness (QED) is 0.767. The van der Waals surface area contributed by atoms with Gasteiger partial charge in [0.05, 0.1) is 5.69 Å². The van der Waals surface area contributed by atoms with Crippen molar-refractivity contribution in [1.29, 1.82) is 0 Å². The molecule has 0 saturated heterocycles. The van der Waals surface area contributed by atoms with E-state index in [9.17, 15) is 0 Å². The molecular formula is C13H23N3. The Morgan fingerprint density at radius 2 is 2.25 bits per heavy atom. The molecule has 1 saturated carbocycles. The Hall–Kier alpha value is -0.830. The van der Waals surface area contributed by atoms with Gasteiger partial charge in [-0.05, 0) is 37.2 Å². The van der Waals surface area contributed by atoms with Gasteiger partial charge in [-0.3, -0.25) is 4.68 Å². The molecule has 1 aromatic heterocycles. The summed E-state index contributed by atoms with van der Waals surface area (Å²) >= 11 is 0. The highest BCUT2D eigenvalue weighted by molar-refractivity contribution is 5.01. The van der Waals surface area contributed by atoms with E-state index < -0.39 is 0 Å². The molecule has 0 aromatic carbocycles. The molecule has 1 aliphatic carbocycles. The molecule has 1 aliphatic rings. The third-order valence-corrected chi connectivity index (χ3v) is 3.75. The summed E-state index contributed by atoms with van der Waals surface area (Å²) in [5.74, 6) is 0. The lowest BCUT2D eigenvalue weighted by Gasteiger charge is -2.13. The maximum atomic E-state index is 4.33. The van der Waals surface area contributed by atoms with Crippen LogP contribution >= 0.6 is 0 Å². The summed E-state index contributed by atoms with van der Waals surface area (Å²) in [6, 6.07) is 2.12. The Morgan fingerprint density at radius 3 is 2.88 bits per heavy atom. The predicted molar refractivity (Wildman–Crippen MR) is 66.2 cm³/mol. The number of rotatable bonds is 7. The molecular weight excluding hydrogens is 198 g/mol. The van der Waals surface area contributed by atoms with Crippen LogP contribution in [0.4, 0.5) is 0 Å². The zero-order chi connectivity index (χ0) is 11.4. The zero-order valence-electron chi connectivity index (χ0n) is 10.5. The summed E-state index contributed by atoms with van der Waals surface area (Å²) in [5.41, 5.74) is 1.95. The van der Waals surface area contributed by atoms with E-state index >= 15 is 0 Å². The monoisotopic (exact) mass is 221 g/mol. The van der Waals surface area contributed by atoms with Crippen molar-refractivity contribution in [2.45, 2.75) is 52.6 Å². The van der Waals surface area contributed by atoms with E-state index in [0.29, 0.717) is 5.41 Å². The van der Waals surface area contributed by atoms with Gasteiger partial charge >= 0.3 is 0 Å². The van der Waals surface area contributed by atoms with Gasteiger partial charge in [-0.2, -0.15) is 5.10 Å². The van der Waals surface area contributed by atoms with Crippen molar-refractivity contribution in [2.24, 2.45) is 5.41 Å². The van der Waals surface area contributed by atoms with Crippen LogP contribution in [0.5, 0.6) is 0 Å². The fourth-order valence-electron chi connectivity index (χ4n) is 2.21. The first-order valence-electron chi connectivity index (χ1n) is 6.51. The van der Waals surface area contributed by atoms with Gasteiger partial charge in [0.2, 0.25) is 0 Å². The molecule has 0 unspecified atom stereocenters. The highest BCUT2D eigenvalue weighted by atomic mass is 15.3. The summed E-state index contributed by atoms with van der Waals surface area (Å²) in [7, 11) is 0. The Labute approximate surface area is 98.2 Å². The van der Waals surface area contributed by atoms with E-state index in [1.165, 1.54) is 31.5 Å². The molecule has 2 rings (SSSR count). The van der Waals surface area contributed by atoms with E-state index in [1.807, 2.05) is 6.20 Å². The average molecular weight is 221 g/mol. The van der Waals surface area contributed by atoms with Crippen LogP contribution in [0.3, 0.4) is 0 Å². The number of hydrogen-bond acceptors (Lipinski definition) is 2. The highest BCUT2D eigenvalue weighted by Crippen LogP contribution is 2.47. The standard InChI is InChI=1S/C13H23N3/c1-3-9-16-12(5-8-15-16)10-14-11-13(4-2)6-7-13/h5,8,14H,3-4,6-7,9-11H2,1-2H3. The third-order valence-electron chi connectivity index (χ3n) is 3.75. The maximum absolute atomic E-state index is 4.33. The van der Waals surface area contributed by atoms with Crippen molar-refractivity contribution in [1.82, 2.24) is 15.1 Å². The molecule has 0 bridgehead atoms. The van der Waals surface area contributed by atoms with E-state index in [4.69, 9.17) is 0 Å². The van der Waals surface area contributed by atoms with Crippen LogP contribution in [0.2, 0.25) is 0 Å². The largest absolute Gasteiger partial charge is 0.311 e. The van der Waals surface area contributed by atoms with Crippen LogP contribution in [-0.4, -0.2) is 16.3 Å². The summed E-state index contributed by atoms with van der Waals surface area (Å²) in [4.78, 5) is 0. The molecule has 0 aliphatic heterocycles. The van der Waals surface area contributed by atoms with Crippen LogP contribution in [0.1, 0.15) is 45.2 Å². The first-order valence-corrected chi connectivity index (χ1v) is 6.51. The number of aryl methyl sites for hydroxylation is 1. The Morgan fingerprint density at radius 1 is 1.44 bits per heavy atom. The zero-order valence-corrected chi connectivity index (χ0v) is 10.5. The van der Waals surface area contributed by atoms with Gasteiger partial charge in [0.1, 0.15) is 0 Å². The average Bonchev–Trinajstić information content (AvgIpc) is 2.95. The maximum Gasteiger partial charge on any atom is 0.0522 e. The van der Waals surface area contributed by atoms with Crippen molar-refractivity contribution in [3.63, 3.8) is 0 Å². The SMILES string of the molecule is CCCn1nccc1CNCC1(CC)CC1. The van der Waals surface area contributed by atoms with Crippen LogP contribution in [0, 0.1) is 5.41 Å². The molecule has 0 atom stereocenters. The lowest BCUT2D eigenvalue weighted by atomic mass is 10.0. The van der Waals surface area contributed by atoms with E-state index in [2.05, 4.69) is 35.0 Å². The molecule has 0 spiro atoms. The smallest absolute Gasteiger partial charge is 0.0522 e. The third kappa shape index (κ3) is 2.64. The molecule has 1 fully saturated rings. The van der Waals surface area contributed by atoms with E-state index in [1.54, 1.807) is 0 Å². The predicted octanol–water partition coefficient (Wildman–Crippen LogP) is 2.57. The molecule has 90 valence electrons. The minimum atomic E-state index is 0.635. The molecule has 16 heavy (non-hydrogen) atoms. The van der Waals surface area contributed by atoms with Crippen molar-refractivity contribution in [2.75, 3.05) is 6.54 Å². The number of aromatic nitrogens is 2. The number of hydrogen-bond donors (Lipinski definition) is 1. The lowest BCUT2D eigenvalue weighted by molar-refractivity contribution is 0.435. The van der Waals surface area contributed by atoms with Gasteiger partial charge in [0, 0.05) is 25.8 Å². The van der Waals surface area contributed by atoms with Gasteiger partial charge < -0.3 is 5.32 Å². The minimum Gasteiger partial charge on any atom is -0.311 e. The Balaban J connectivity index is 1.78. The molecule has 0 amide bonds. The van der Waals surface area contributed by atoms with Gasteiger partial charge in [-0.1, -0.05) is 13.8 Å². The van der Waals surface area contributed by atoms with E-state index in [-0.39, 0.29) is 0 Å². The first-order chi connectivity index (χ1) is 7.79. The van der Waals surface area contributed by atoms with Crippen LogP contribution in [0.25, 0.3) is 0 Å². The molecule has 1 heterocycles. The Bertz CT molecular complexity index is 326. The normalized spacial score (nSPS) is 17.6. The fraction of sp³-hybridized carbons (Fsp3) is 0.769. The van der Waals surface area contributed by atoms with E-state index in [0.717, 1.165) is 19.5 Å². The number of nitrogens with one attached hydrogen (secondary N) is 1. The van der Waals surface area contributed by atoms with Gasteiger partial charge in [-0.25, -0.2) is 0 Å². The second-order valence-electron chi connectivity index (χ2n) is 5.00. The lowest BCUT2D eigenvalue weighted by Crippen LogP contribution is -2.24. The summed E-state index contributed by atoms with van der Waals surface area (Å²) < 4.78 is 2.11. The molecule has 1 N–H and O–H groups in total. The summed E-state index contributed by atoms with van der Waals surface area (Å²) in [6.07, 6.45) is 7.18. The topological polar surface area (TPSA) is 29.9 Å².